The minimum atomic E-state index is -2.93. The van der Waals surface area contributed by atoms with Crippen molar-refractivity contribution in [3.05, 3.63) is 30.1 Å². The topological polar surface area (TPSA) is 73.6 Å². The van der Waals surface area contributed by atoms with Crippen LogP contribution in [0.1, 0.15) is 5.69 Å². The molecule has 1 N–H and O–H groups in total. The second-order valence-corrected chi connectivity index (χ2v) is 4.47. The number of benzene rings is 1. The number of aliphatic carboxylic acids is 1. The molecule has 22 heavy (non-hydrogen) atoms. The number of hydrogen-bond acceptors (Lipinski definition) is 4. The van der Waals surface area contributed by atoms with Crippen molar-refractivity contribution in [3.63, 3.8) is 0 Å². The van der Waals surface area contributed by atoms with E-state index in [1.54, 1.807) is 13.2 Å². The van der Waals surface area contributed by atoms with Gasteiger partial charge in [0.25, 0.3) is 0 Å². The van der Waals surface area contributed by atoms with Gasteiger partial charge < -0.3 is 14.6 Å². The summed E-state index contributed by atoms with van der Waals surface area (Å²) in [5, 5.41) is 13.0. The molecule has 2 rings (SSSR count). The van der Waals surface area contributed by atoms with Gasteiger partial charge in [-0.05, 0) is 12.1 Å². The zero-order valence-corrected chi connectivity index (χ0v) is 11.9. The van der Waals surface area contributed by atoms with Gasteiger partial charge in [-0.25, -0.2) is 0 Å². The van der Waals surface area contributed by atoms with E-state index in [0.29, 0.717) is 16.8 Å². The van der Waals surface area contributed by atoms with Crippen LogP contribution in [-0.2, 0) is 18.3 Å². The van der Waals surface area contributed by atoms with Crippen LogP contribution in [0.3, 0.4) is 0 Å². The van der Waals surface area contributed by atoms with Gasteiger partial charge in [-0.15, -0.1) is 0 Å². The number of carbonyl (C=O) groups is 1. The second-order valence-electron chi connectivity index (χ2n) is 4.47. The summed E-state index contributed by atoms with van der Waals surface area (Å²) < 4.78 is 35.5. The molecule has 2 aromatic rings. The molecule has 0 saturated heterocycles. The van der Waals surface area contributed by atoms with E-state index in [0.717, 1.165) is 0 Å². The van der Waals surface area contributed by atoms with Crippen LogP contribution in [0.4, 0.5) is 8.78 Å². The summed E-state index contributed by atoms with van der Waals surface area (Å²) in [6, 6.07) is 4.21. The quantitative estimate of drug-likeness (QED) is 0.886. The van der Waals surface area contributed by atoms with E-state index in [2.05, 4.69) is 9.84 Å². The Kier molecular flexibility index (Phi) is 4.59. The predicted octanol–water partition coefficient (Wildman–Crippen LogP) is 2.32. The van der Waals surface area contributed by atoms with Crippen molar-refractivity contribution in [2.75, 3.05) is 7.11 Å². The highest BCUT2D eigenvalue weighted by Crippen LogP contribution is 2.35. The Labute approximate surface area is 124 Å². The number of carboxylic acid groups (broad SMARTS) is 1. The number of ether oxygens (including phenoxy) is 2. The molecule has 0 saturated carbocycles. The van der Waals surface area contributed by atoms with Crippen LogP contribution < -0.4 is 9.47 Å². The standard InChI is InChI=1S/C14H14F2N2O4/c1-18-7-10(11(17-18)6-13(19)20)9-4-3-8(22-14(15)16)5-12(9)21-2/h3-5,7,14H,6H2,1-2H3,(H,19,20). The van der Waals surface area contributed by atoms with Gasteiger partial charge in [-0.2, -0.15) is 13.9 Å². The van der Waals surface area contributed by atoms with Gasteiger partial charge in [-0.3, -0.25) is 9.48 Å². The van der Waals surface area contributed by atoms with Crippen LogP contribution in [-0.4, -0.2) is 34.6 Å². The predicted molar refractivity (Wildman–Crippen MR) is 73.2 cm³/mol. The smallest absolute Gasteiger partial charge is 0.387 e. The molecule has 0 bridgehead atoms. The van der Waals surface area contributed by atoms with Crippen molar-refractivity contribution >= 4 is 5.97 Å². The van der Waals surface area contributed by atoms with Crippen LogP contribution in [0.15, 0.2) is 24.4 Å². The molecule has 1 aromatic carbocycles. The summed E-state index contributed by atoms with van der Waals surface area (Å²) >= 11 is 0. The lowest BCUT2D eigenvalue weighted by molar-refractivity contribution is -0.136. The van der Waals surface area contributed by atoms with Crippen molar-refractivity contribution in [2.24, 2.45) is 7.05 Å². The molecule has 0 fully saturated rings. The summed E-state index contributed by atoms with van der Waals surface area (Å²) in [5.41, 5.74) is 1.47. The molecule has 0 aliphatic heterocycles. The molecule has 0 aliphatic rings. The normalized spacial score (nSPS) is 10.8. The zero-order valence-electron chi connectivity index (χ0n) is 11.9. The Hall–Kier alpha value is -2.64. The minimum Gasteiger partial charge on any atom is -0.496 e. The Morgan fingerprint density at radius 3 is 2.73 bits per heavy atom. The number of carboxylic acids is 1. The zero-order chi connectivity index (χ0) is 16.3. The summed E-state index contributed by atoms with van der Waals surface area (Å²) in [7, 11) is 3.05. The first-order valence-electron chi connectivity index (χ1n) is 6.28. The summed E-state index contributed by atoms with van der Waals surface area (Å²) in [6.07, 6.45) is 1.39. The lowest BCUT2D eigenvalue weighted by Gasteiger charge is -2.11. The van der Waals surface area contributed by atoms with Crippen molar-refractivity contribution < 1.29 is 28.2 Å². The summed E-state index contributed by atoms with van der Waals surface area (Å²) in [4.78, 5) is 10.9. The number of nitrogens with zero attached hydrogens (tertiary/aromatic N) is 2. The van der Waals surface area contributed by atoms with E-state index in [4.69, 9.17) is 9.84 Å². The van der Waals surface area contributed by atoms with E-state index in [-0.39, 0.29) is 17.9 Å². The lowest BCUT2D eigenvalue weighted by Crippen LogP contribution is -2.04. The monoisotopic (exact) mass is 312 g/mol. The molecule has 118 valence electrons. The first-order chi connectivity index (χ1) is 10.4. The van der Waals surface area contributed by atoms with Crippen LogP contribution in [0.25, 0.3) is 11.1 Å². The highest BCUT2D eigenvalue weighted by Gasteiger charge is 2.17. The molecule has 1 heterocycles. The second kappa shape index (κ2) is 6.42. The fourth-order valence-electron chi connectivity index (χ4n) is 2.10. The van der Waals surface area contributed by atoms with Gasteiger partial charge in [0.05, 0.1) is 19.2 Å². The van der Waals surface area contributed by atoms with Crippen molar-refractivity contribution in [3.8, 4) is 22.6 Å². The van der Waals surface area contributed by atoms with Crippen molar-refractivity contribution in [2.45, 2.75) is 13.0 Å². The van der Waals surface area contributed by atoms with Crippen LogP contribution >= 0.6 is 0 Å². The van der Waals surface area contributed by atoms with Gasteiger partial charge in [0, 0.05) is 30.4 Å². The van der Waals surface area contributed by atoms with E-state index < -0.39 is 12.6 Å². The molecule has 0 amide bonds. The molecule has 0 atom stereocenters. The Bertz CT molecular complexity index is 685. The largest absolute Gasteiger partial charge is 0.496 e. The third kappa shape index (κ3) is 3.51. The molecular formula is C14H14F2N2O4. The third-order valence-electron chi connectivity index (χ3n) is 2.91. The highest BCUT2D eigenvalue weighted by molar-refractivity contribution is 5.78. The fraction of sp³-hybridized carbons (Fsp3) is 0.286. The highest BCUT2D eigenvalue weighted by atomic mass is 19.3. The molecule has 1 aromatic heterocycles. The average molecular weight is 312 g/mol. The molecular weight excluding hydrogens is 298 g/mol. The van der Waals surface area contributed by atoms with E-state index in [1.807, 2.05) is 0 Å². The van der Waals surface area contributed by atoms with Gasteiger partial charge in [0.2, 0.25) is 0 Å². The van der Waals surface area contributed by atoms with Crippen molar-refractivity contribution in [1.29, 1.82) is 0 Å². The maximum absolute atomic E-state index is 12.2. The number of methoxy groups -OCH3 is 1. The first-order valence-corrected chi connectivity index (χ1v) is 6.28. The minimum absolute atomic E-state index is 0.0423. The van der Waals surface area contributed by atoms with Crippen molar-refractivity contribution in [1.82, 2.24) is 9.78 Å². The SMILES string of the molecule is COc1cc(OC(F)F)ccc1-c1cn(C)nc1CC(=O)O. The number of aromatic nitrogens is 2. The molecule has 0 aliphatic carbocycles. The number of aryl methyl sites for hydroxylation is 1. The lowest BCUT2D eigenvalue weighted by atomic mass is 10.0. The van der Waals surface area contributed by atoms with Gasteiger partial charge in [0.1, 0.15) is 11.5 Å². The Morgan fingerprint density at radius 1 is 1.41 bits per heavy atom. The molecule has 8 heteroatoms. The number of halogens is 2. The molecule has 0 radical (unpaired) electrons. The third-order valence-corrected chi connectivity index (χ3v) is 2.91. The maximum Gasteiger partial charge on any atom is 0.387 e. The number of hydrogen-bond donors (Lipinski definition) is 1. The van der Waals surface area contributed by atoms with Crippen LogP contribution in [0.5, 0.6) is 11.5 Å². The molecule has 0 spiro atoms. The molecule has 0 unspecified atom stereocenters. The Morgan fingerprint density at radius 2 is 2.14 bits per heavy atom. The molecule has 6 nitrogen and oxygen atoms in total. The van der Waals surface area contributed by atoms with E-state index >= 15 is 0 Å². The van der Waals surface area contributed by atoms with Crippen LogP contribution in [0, 0.1) is 0 Å². The van der Waals surface area contributed by atoms with E-state index in [9.17, 15) is 13.6 Å². The summed E-state index contributed by atoms with van der Waals surface area (Å²) in [6.45, 7) is -2.93. The van der Waals surface area contributed by atoms with Gasteiger partial charge >= 0.3 is 12.6 Å². The van der Waals surface area contributed by atoms with Crippen LogP contribution in [0.2, 0.25) is 0 Å². The van der Waals surface area contributed by atoms with E-state index in [1.165, 1.54) is 30.0 Å². The number of rotatable bonds is 6. The summed E-state index contributed by atoms with van der Waals surface area (Å²) in [5.74, 6) is -0.770. The first kappa shape index (κ1) is 15.7. The maximum atomic E-state index is 12.2. The average Bonchev–Trinajstić information content (AvgIpc) is 2.77. The Balaban J connectivity index is 2.46. The van der Waals surface area contributed by atoms with Gasteiger partial charge in [0.15, 0.2) is 0 Å². The van der Waals surface area contributed by atoms with Gasteiger partial charge in [-0.1, -0.05) is 0 Å². The number of alkyl halides is 2. The fourth-order valence-corrected chi connectivity index (χ4v) is 2.10.